The Morgan fingerprint density at radius 3 is 2.50 bits per heavy atom. The number of phenolic OH excluding ortho intramolecular Hbond substituents is 1. The van der Waals surface area contributed by atoms with Crippen LogP contribution in [0.3, 0.4) is 0 Å². The summed E-state index contributed by atoms with van der Waals surface area (Å²) in [4.78, 5) is 4.26. The maximum atomic E-state index is 9.67. The Morgan fingerprint density at radius 1 is 0.875 bits per heavy atom. The molecule has 0 saturated carbocycles. The van der Waals surface area contributed by atoms with Gasteiger partial charge in [0, 0.05) is 17.0 Å². The first kappa shape index (κ1) is 11.0. The minimum absolute atomic E-state index is 0. The molecule has 0 spiro atoms. The Labute approximate surface area is 105 Å². The molecule has 3 rings (SSSR count). The molecule has 3 heteroatoms. The second-order valence-corrected chi connectivity index (χ2v) is 3.52. The molecule has 1 heterocycles. The molecule has 0 radical (unpaired) electrons. The fourth-order valence-corrected chi connectivity index (χ4v) is 1.87. The molecule has 0 unspecified atom stereocenters. The molecule has 74 valence electrons. The van der Waals surface area contributed by atoms with Crippen LogP contribution in [0, 0.1) is 0 Å². The van der Waals surface area contributed by atoms with Gasteiger partial charge in [-0.3, -0.25) is 4.98 Å². The second kappa shape index (κ2) is 4.17. The molecule has 0 amide bonds. The molecule has 3 aromatic rings. The summed E-state index contributed by atoms with van der Waals surface area (Å²) in [6.07, 6.45) is 1.79. The summed E-state index contributed by atoms with van der Waals surface area (Å²) >= 11 is 0. The molecule has 0 aliphatic rings. The van der Waals surface area contributed by atoms with E-state index in [-0.39, 0.29) is 24.6 Å². The molecular weight excluding hydrogens is 193 g/mol. The zero-order valence-corrected chi connectivity index (χ0v) is 8.01. The van der Waals surface area contributed by atoms with Crippen molar-refractivity contribution in [3.05, 3.63) is 48.7 Å². The van der Waals surface area contributed by atoms with Gasteiger partial charge in [-0.15, -0.1) is 0 Å². The Balaban J connectivity index is 0.000000963. The molecule has 1 aromatic heterocycles. The van der Waals surface area contributed by atoms with Crippen molar-refractivity contribution >= 4 is 40.5 Å². The van der Waals surface area contributed by atoms with Crippen molar-refractivity contribution < 1.29 is 5.11 Å². The van der Waals surface area contributed by atoms with Crippen LogP contribution in [0.25, 0.3) is 21.7 Å². The van der Waals surface area contributed by atoms with Gasteiger partial charge in [0.1, 0.15) is 11.3 Å². The van der Waals surface area contributed by atoms with Crippen LogP contribution >= 0.6 is 0 Å². The van der Waals surface area contributed by atoms with Gasteiger partial charge in [-0.05, 0) is 11.5 Å². The number of aromatic hydroxyl groups is 1. The first-order valence-corrected chi connectivity index (χ1v) is 4.82. The van der Waals surface area contributed by atoms with Crippen molar-refractivity contribution in [3.63, 3.8) is 0 Å². The number of fused-ring (bicyclic) bond motifs is 3. The van der Waals surface area contributed by atoms with E-state index in [1.807, 2.05) is 36.4 Å². The van der Waals surface area contributed by atoms with Gasteiger partial charge in [-0.2, -0.15) is 0 Å². The Kier molecular flexibility index (Phi) is 2.87. The van der Waals surface area contributed by atoms with Gasteiger partial charge in [0.2, 0.25) is 0 Å². The molecule has 0 fully saturated rings. The van der Waals surface area contributed by atoms with Crippen LogP contribution in [0.4, 0.5) is 0 Å². The third-order valence-corrected chi connectivity index (χ3v) is 2.60. The van der Waals surface area contributed by atoms with Gasteiger partial charge >= 0.3 is 18.9 Å². The summed E-state index contributed by atoms with van der Waals surface area (Å²) in [6.45, 7) is 0. The van der Waals surface area contributed by atoms with Crippen molar-refractivity contribution in [3.8, 4) is 5.75 Å². The van der Waals surface area contributed by atoms with Crippen molar-refractivity contribution in [2.24, 2.45) is 0 Å². The summed E-state index contributed by atoms with van der Waals surface area (Å²) in [7, 11) is 0. The molecule has 0 saturated heterocycles. The van der Waals surface area contributed by atoms with Crippen molar-refractivity contribution in [1.82, 2.24) is 4.98 Å². The Hall–Kier alpha value is -1.49. The molecule has 16 heavy (non-hydrogen) atoms. The number of aromatic nitrogens is 1. The summed E-state index contributed by atoms with van der Waals surface area (Å²) in [5.74, 6) is 0.234. The van der Waals surface area contributed by atoms with Gasteiger partial charge in [0.25, 0.3) is 0 Å². The van der Waals surface area contributed by atoms with Crippen LogP contribution in [0.1, 0.15) is 0 Å². The second-order valence-electron chi connectivity index (χ2n) is 3.52. The SMILES string of the molecule is Oc1cccc2c1ncc1ccccc12.[LiH]. The molecular formula is C13H10LiNO. The first-order chi connectivity index (χ1) is 7.36. The number of hydrogen-bond acceptors (Lipinski definition) is 2. The van der Waals surface area contributed by atoms with E-state index in [9.17, 15) is 5.11 Å². The fraction of sp³-hybridized carbons (Fsp3) is 0. The molecule has 2 nitrogen and oxygen atoms in total. The number of benzene rings is 2. The van der Waals surface area contributed by atoms with Crippen LogP contribution in [0.15, 0.2) is 48.7 Å². The average molecular weight is 203 g/mol. The van der Waals surface area contributed by atoms with E-state index in [4.69, 9.17) is 0 Å². The molecule has 1 N–H and O–H groups in total. The third-order valence-electron chi connectivity index (χ3n) is 2.60. The van der Waals surface area contributed by atoms with Crippen LogP contribution in [0.5, 0.6) is 5.75 Å². The van der Waals surface area contributed by atoms with Gasteiger partial charge in [-0.25, -0.2) is 0 Å². The monoisotopic (exact) mass is 203 g/mol. The topological polar surface area (TPSA) is 33.1 Å². The number of nitrogens with zero attached hydrogens (tertiary/aromatic N) is 1. The van der Waals surface area contributed by atoms with Crippen LogP contribution in [0.2, 0.25) is 0 Å². The zero-order chi connectivity index (χ0) is 10.3. The fourth-order valence-electron chi connectivity index (χ4n) is 1.87. The van der Waals surface area contributed by atoms with Gasteiger partial charge < -0.3 is 5.11 Å². The van der Waals surface area contributed by atoms with Crippen LogP contribution < -0.4 is 0 Å². The van der Waals surface area contributed by atoms with Crippen LogP contribution in [-0.4, -0.2) is 29.0 Å². The summed E-state index contributed by atoms with van der Waals surface area (Å²) < 4.78 is 0. The standard InChI is InChI=1S/C13H9NO.Li.H/c15-12-7-3-6-11-10-5-2-1-4-9(10)8-14-13(11)12;;/h1-8,15H;;. The van der Waals surface area contributed by atoms with E-state index >= 15 is 0 Å². The minimum atomic E-state index is 0. The molecule has 0 aliphatic heterocycles. The predicted octanol–water partition coefficient (Wildman–Crippen LogP) is 2.45. The van der Waals surface area contributed by atoms with E-state index in [0.29, 0.717) is 5.52 Å². The number of phenols is 1. The first-order valence-electron chi connectivity index (χ1n) is 4.82. The molecule has 0 aliphatic carbocycles. The van der Waals surface area contributed by atoms with Crippen molar-refractivity contribution in [2.45, 2.75) is 0 Å². The predicted molar refractivity (Wildman–Crippen MR) is 68.1 cm³/mol. The van der Waals surface area contributed by atoms with Gasteiger partial charge in [0.05, 0.1) is 0 Å². The van der Waals surface area contributed by atoms with E-state index < -0.39 is 0 Å². The van der Waals surface area contributed by atoms with E-state index in [1.54, 1.807) is 12.3 Å². The average Bonchev–Trinajstić information content (AvgIpc) is 2.29. The quantitative estimate of drug-likeness (QED) is 0.449. The molecule has 0 atom stereocenters. The number of para-hydroxylation sites is 1. The normalized spacial score (nSPS) is 10.2. The van der Waals surface area contributed by atoms with E-state index in [1.165, 1.54) is 0 Å². The molecule has 0 bridgehead atoms. The van der Waals surface area contributed by atoms with Crippen molar-refractivity contribution in [2.75, 3.05) is 0 Å². The number of pyridine rings is 1. The number of rotatable bonds is 0. The molecule has 2 aromatic carbocycles. The summed E-state index contributed by atoms with van der Waals surface area (Å²) in [5, 5.41) is 12.9. The third kappa shape index (κ3) is 1.57. The zero-order valence-electron chi connectivity index (χ0n) is 8.01. The number of hydrogen-bond donors (Lipinski definition) is 1. The maximum absolute atomic E-state index is 9.67. The van der Waals surface area contributed by atoms with Crippen molar-refractivity contribution in [1.29, 1.82) is 0 Å². The van der Waals surface area contributed by atoms with E-state index in [0.717, 1.165) is 16.2 Å². The van der Waals surface area contributed by atoms with Crippen LogP contribution in [-0.2, 0) is 0 Å². The van der Waals surface area contributed by atoms with E-state index in [2.05, 4.69) is 4.98 Å². The Bertz CT molecular complexity index is 652. The summed E-state index contributed by atoms with van der Waals surface area (Å²) in [5.41, 5.74) is 0.663. The Morgan fingerprint density at radius 2 is 1.62 bits per heavy atom. The summed E-state index contributed by atoms with van der Waals surface area (Å²) in [6, 6.07) is 13.5. The van der Waals surface area contributed by atoms with Gasteiger partial charge in [-0.1, -0.05) is 36.4 Å². The van der Waals surface area contributed by atoms with Gasteiger partial charge in [0.15, 0.2) is 0 Å².